The van der Waals surface area contributed by atoms with E-state index in [0.29, 0.717) is 5.92 Å². The zero-order valence-corrected chi connectivity index (χ0v) is 12.7. The number of nitrogens with one attached hydrogen (secondary N) is 2. The first-order valence-electron chi connectivity index (χ1n) is 7.12. The molecule has 0 radical (unpaired) electrons. The molecule has 1 aromatic heterocycles. The second-order valence-electron chi connectivity index (χ2n) is 5.96. The van der Waals surface area contributed by atoms with Crippen LogP contribution in [0.15, 0.2) is 18.3 Å². The molecule has 1 aliphatic heterocycles. The molecule has 0 bridgehead atoms. The third-order valence-corrected chi connectivity index (χ3v) is 4.20. The molecule has 5 heteroatoms. The summed E-state index contributed by atoms with van der Waals surface area (Å²) in [6, 6.07) is 3.74. The Balaban J connectivity index is 2.23. The van der Waals surface area contributed by atoms with Gasteiger partial charge in [-0.15, -0.1) is 0 Å². The Kier molecular flexibility index (Phi) is 4.28. The summed E-state index contributed by atoms with van der Waals surface area (Å²) < 4.78 is 0. The Morgan fingerprint density at radius 2 is 2.25 bits per heavy atom. The van der Waals surface area contributed by atoms with E-state index in [1.54, 1.807) is 6.20 Å². The van der Waals surface area contributed by atoms with Gasteiger partial charge in [-0.1, -0.05) is 13.8 Å². The van der Waals surface area contributed by atoms with Crippen molar-refractivity contribution in [2.75, 3.05) is 37.4 Å². The Bertz CT molecular complexity index is 479. The predicted molar refractivity (Wildman–Crippen MR) is 82.0 cm³/mol. The van der Waals surface area contributed by atoms with Gasteiger partial charge in [0, 0.05) is 26.8 Å². The molecule has 0 aromatic carbocycles. The van der Waals surface area contributed by atoms with Gasteiger partial charge in [0.2, 0.25) is 5.91 Å². The van der Waals surface area contributed by atoms with Gasteiger partial charge < -0.3 is 15.5 Å². The molecule has 1 saturated heterocycles. The van der Waals surface area contributed by atoms with E-state index >= 15 is 0 Å². The van der Waals surface area contributed by atoms with Gasteiger partial charge in [-0.05, 0) is 31.0 Å². The maximum Gasteiger partial charge on any atom is 0.232 e. The van der Waals surface area contributed by atoms with Crippen LogP contribution in [0, 0.1) is 11.3 Å². The first kappa shape index (κ1) is 14.8. The Labute approximate surface area is 120 Å². The summed E-state index contributed by atoms with van der Waals surface area (Å²) in [6.07, 6.45) is 2.62. The van der Waals surface area contributed by atoms with Gasteiger partial charge in [0.1, 0.15) is 0 Å². The van der Waals surface area contributed by atoms with Crippen LogP contribution in [0.1, 0.15) is 20.3 Å². The summed E-state index contributed by atoms with van der Waals surface area (Å²) in [4.78, 5) is 19.0. The zero-order chi connectivity index (χ0) is 14.8. The number of aromatic nitrogens is 1. The molecule has 0 saturated carbocycles. The smallest absolute Gasteiger partial charge is 0.232 e. The van der Waals surface area contributed by atoms with E-state index in [4.69, 9.17) is 0 Å². The number of pyridine rings is 1. The first-order valence-corrected chi connectivity index (χ1v) is 7.12. The molecule has 5 nitrogen and oxygen atoms in total. The van der Waals surface area contributed by atoms with Gasteiger partial charge in [-0.25, -0.2) is 4.98 Å². The number of rotatable bonds is 4. The van der Waals surface area contributed by atoms with Crippen LogP contribution in [-0.4, -0.2) is 38.1 Å². The highest BCUT2D eigenvalue weighted by molar-refractivity contribution is 5.98. The van der Waals surface area contributed by atoms with Crippen molar-refractivity contribution in [3.05, 3.63) is 18.3 Å². The largest absolute Gasteiger partial charge is 0.361 e. The second-order valence-corrected chi connectivity index (χ2v) is 5.96. The van der Waals surface area contributed by atoms with Gasteiger partial charge >= 0.3 is 0 Å². The van der Waals surface area contributed by atoms with Crippen molar-refractivity contribution in [2.45, 2.75) is 20.3 Å². The van der Waals surface area contributed by atoms with Crippen LogP contribution >= 0.6 is 0 Å². The van der Waals surface area contributed by atoms with Crippen LogP contribution in [-0.2, 0) is 4.79 Å². The van der Waals surface area contributed by atoms with Crippen molar-refractivity contribution in [2.24, 2.45) is 11.3 Å². The van der Waals surface area contributed by atoms with Crippen molar-refractivity contribution >= 4 is 17.4 Å². The van der Waals surface area contributed by atoms with E-state index < -0.39 is 0 Å². The summed E-state index contributed by atoms with van der Waals surface area (Å²) in [5, 5.41) is 6.38. The maximum atomic E-state index is 12.8. The molecule has 1 aromatic rings. The lowest BCUT2D eigenvalue weighted by Crippen LogP contribution is -2.42. The highest BCUT2D eigenvalue weighted by atomic mass is 16.2. The topological polar surface area (TPSA) is 57.3 Å². The molecule has 1 fully saturated rings. The normalized spacial score (nSPS) is 22.1. The van der Waals surface area contributed by atoms with Crippen molar-refractivity contribution in [1.29, 1.82) is 0 Å². The lowest BCUT2D eigenvalue weighted by atomic mass is 9.75. The van der Waals surface area contributed by atoms with Crippen LogP contribution in [0.5, 0.6) is 0 Å². The van der Waals surface area contributed by atoms with Gasteiger partial charge in [0.25, 0.3) is 0 Å². The van der Waals surface area contributed by atoms with Crippen LogP contribution < -0.4 is 15.5 Å². The molecule has 0 spiro atoms. The van der Waals surface area contributed by atoms with E-state index in [-0.39, 0.29) is 11.3 Å². The average molecular weight is 276 g/mol. The lowest BCUT2D eigenvalue weighted by molar-refractivity contribution is -0.126. The maximum absolute atomic E-state index is 12.8. The van der Waals surface area contributed by atoms with Crippen molar-refractivity contribution in [3.63, 3.8) is 0 Å². The van der Waals surface area contributed by atoms with Crippen molar-refractivity contribution in [1.82, 2.24) is 10.3 Å². The average Bonchev–Trinajstić information content (AvgIpc) is 2.89. The van der Waals surface area contributed by atoms with Crippen LogP contribution in [0.4, 0.5) is 11.5 Å². The number of hydrogen-bond acceptors (Lipinski definition) is 4. The Morgan fingerprint density at radius 3 is 2.80 bits per heavy atom. The van der Waals surface area contributed by atoms with Crippen LogP contribution in [0.3, 0.4) is 0 Å². The third kappa shape index (κ3) is 2.63. The number of hydrogen-bond donors (Lipinski definition) is 2. The number of nitrogens with zero attached hydrogens (tertiary/aromatic N) is 2. The summed E-state index contributed by atoms with van der Waals surface area (Å²) in [7, 11) is 3.85. The SMILES string of the molecule is CC(C)C1(C(=O)Nc2cccnc2N(C)C)CCNC1. The molecular formula is C15H24N4O. The molecule has 110 valence electrons. The molecule has 1 unspecified atom stereocenters. The van der Waals surface area contributed by atoms with E-state index in [1.807, 2.05) is 31.1 Å². The number of anilines is 2. The minimum absolute atomic E-state index is 0.0913. The second kappa shape index (κ2) is 5.79. The van der Waals surface area contributed by atoms with E-state index in [0.717, 1.165) is 31.0 Å². The fraction of sp³-hybridized carbons (Fsp3) is 0.600. The standard InChI is InChI=1S/C15H24N4O/c1-11(2)15(7-9-16-10-15)14(20)18-12-6-5-8-17-13(12)19(3)4/h5-6,8,11,16H,7,9-10H2,1-4H3,(H,18,20). The fourth-order valence-electron chi connectivity index (χ4n) is 2.76. The van der Waals surface area contributed by atoms with Crippen molar-refractivity contribution < 1.29 is 4.79 Å². The lowest BCUT2D eigenvalue weighted by Gasteiger charge is -2.31. The molecular weight excluding hydrogens is 252 g/mol. The number of carbonyl (C=O) groups is 1. The summed E-state index contributed by atoms with van der Waals surface area (Å²) >= 11 is 0. The Morgan fingerprint density at radius 1 is 1.50 bits per heavy atom. The van der Waals surface area contributed by atoms with E-state index in [2.05, 4.69) is 29.5 Å². The van der Waals surface area contributed by atoms with Gasteiger partial charge in [-0.3, -0.25) is 4.79 Å². The zero-order valence-electron chi connectivity index (χ0n) is 12.7. The van der Waals surface area contributed by atoms with Gasteiger partial charge in [-0.2, -0.15) is 0 Å². The van der Waals surface area contributed by atoms with E-state index in [1.165, 1.54) is 0 Å². The molecule has 1 atom stereocenters. The van der Waals surface area contributed by atoms with Gasteiger partial charge in [0.05, 0.1) is 11.1 Å². The number of amides is 1. The summed E-state index contributed by atoms with van der Waals surface area (Å²) in [6.45, 7) is 5.87. The Hall–Kier alpha value is -1.62. The minimum Gasteiger partial charge on any atom is -0.361 e. The summed E-state index contributed by atoms with van der Waals surface area (Å²) in [5.41, 5.74) is 0.453. The van der Waals surface area contributed by atoms with E-state index in [9.17, 15) is 4.79 Å². The third-order valence-electron chi connectivity index (χ3n) is 4.20. The fourth-order valence-corrected chi connectivity index (χ4v) is 2.76. The molecule has 2 heterocycles. The highest BCUT2D eigenvalue weighted by Crippen LogP contribution is 2.36. The number of carbonyl (C=O) groups excluding carboxylic acids is 1. The van der Waals surface area contributed by atoms with Crippen molar-refractivity contribution in [3.8, 4) is 0 Å². The molecule has 2 N–H and O–H groups in total. The van der Waals surface area contributed by atoms with Crippen LogP contribution in [0.25, 0.3) is 0 Å². The molecule has 2 rings (SSSR count). The monoisotopic (exact) mass is 276 g/mol. The van der Waals surface area contributed by atoms with Crippen LogP contribution in [0.2, 0.25) is 0 Å². The summed E-state index contributed by atoms with van der Waals surface area (Å²) in [5.74, 6) is 1.18. The molecule has 0 aliphatic carbocycles. The molecule has 1 amide bonds. The quantitative estimate of drug-likeness (QED) is 0.879. The first-order chi connectivity index (χ1) is 9.47. The predicted octanol–water partition coefficient (Wildman–Crippen LogP) is 1.72. The minimum atomic E-state index is -0.320. The highest BCUT2D eigenvalue weighted by Gasteiger charge is 2.44. The molecule has 1 aliphatic rings. The molecule has 20 heavy (non-hydrogen) atoms. The van der Waals surface area contributed by atoms with Gasteiger partial charge in [0.15, 0.2) is 5.82 Å².